The van der Waals surface area contributed by atoms with Gasteiger partial charge >= 0.3 is 0 Å². The number of benzene rings is 1. The lowest BCUT2D eigenvalue weighted by Gasteiger charge is -2.05. The maximum absolute atomic E-state index is 12.0. The SMILES string of the molecule is CCCc1noc(CS(=O)(=O)CC(=O)Nc2ccc(Br)cc2)n1. The van der Waals surface area contributed by atoms with E-state index in [0.717, 1.165) is 10.9 Å². The number of rotatable bonds is 7. The summed E-state index contributed by atoms with van der Waals surface area (Å²) in [6.45, 7) is 1.96. The van der Waals surface area contributed by atoms with E-state index in [4.69, 9.17) is 4.52 Å². The van der Waals surface area contributed by atoms with E-state index in [1.807, 2.05) is 6.92 Å². The Morgan fingerprint density at radius 1 is 1.30 bits per heavy atom. The number of nitrogens with one attached hydrogen (secondary N) is 1. The molecular weight excluding hydrogens is 386 g/mol. The Morgan fingerprint density at radius 2 is 2.00 bits per heavy atom. The number of halogens is 1. The molecule has 23 heavy (non-hydrogen) atoms. The molecule has 0 unspecified atom stereocenters. The first-order valence-electron chi connectivity index (χ1n) is 6.95. The molecule has 0 aliphatic carbocycles. The average molecular weight is 402 g/mol. The fourth-order valence-electron chi connectivity index (χ4n) is 1.84. The highest BCUT2D eigenvalue weighted by molar-refractivity contribution is 9.10. The Labute approximate surface area is 142 Å². The van der Waals surface area contributed by atoms with Crippen LogP contribution in [0.15, 0.2) is 33.3 Å². The van der Waals surface area contributed by atoms with Crippen molar-refractivity contribution in [3.8, 4) is 0 Å². The highest BCUT2D eigenvalue weighted by atomic mass is 79.9. The molecule has 1 N–H and O–H groups in total. The van der Waals surface area contributed by atoms with Crippen molar-refractivity contribution < 1.29 is 17.7 Å². The van der Waals surface area contributed by atoms with Gasteiger partial charge in [0.25, 0.3) is 0 Å². The minimum atomic E-state index is -3.68. The van der Waals surface area contributed by atoms with Crippen LogP contribution in [0.4, 0.5) is 5.69 Å². The van der Waals surface area contributed by atoms with Gasteiger partial charge in [0.15, 0.2) is 15.7 Å². The average Bonchev–Trinajstić information content (AvgIpc) is 2.87. The van der Waals surface area contributed by atoms with Crippen molar-refractivity contribution in [2.45, 2.75) is 25.5 Å². The maximum atomic E-state index is 12.0. The van der Waals surface area contributed by atoms with Gasteiger partial charge in [-0.25, -0.2) is 8.42 Å². The van der Waals surface area contributed by atoms with E-state index < -0.39 is 27.3 Å². The summed E-state index contributed by atoms with van der Waals surface area (Å²) in [6.07, 6.45) is 1.45. The molecule has 2 rings (SSSR count). The molecule has 0 aliphatic heterocycles. The van der Waals surface area contributed by atoms with Gasteiger partial charge in [-0.2, -0.15) is 4.98 Å². The summed E-state index contributed by atoms with van der Waals surface area (Å²) in [6, 6.07) is 6.84. The molecule has 0 atom stereocenters. The number of anilines is 1. The topological polar surface area (TPSA) is 102 Å². The van der Waals surface area contributed by atoms with E-state index in [1.54, 1.807) is 24.3 Å². The molecule has 2 aromatic rings. The summed E-state index contributed by atoms with van der Waals surface area (Å²) in [5, 5.41) is 6.22. The van der Waals surface area contributed by atoms with Crippen LogP contribution in [-0.2, 0) is 26.8 Å². The lowest BCUT2D eigenvalue weighted by molar-refractivity contribution is -0.113. The number of hydrogen-bond acceptors (Lipinski definition) is 6. The standard InChI is InChI=1S/C14H16BrN3O4S/c1-2-3-12-17-14(22-18-12)9-23(20,21)8-13(19)16-11-6-4-10(15)5-7-11/h4-7H,2-3,8-9H2,1H3,(H,16,19). The zero-order valence-corrected chi connectivity index (χ0v) is 14.9. The number of carbonyl (C=O) groups is 1. The van der Waals surface area contributed by atoms with Crippen molar-refractivity contribution in [3.63, 3.8) is 0 Å². The van der Waals surface area contributed by atoms with Gasteiger partial charge in [-0.05, 0) is 30.7 Å². The van der Waals surface area contributed by atoms with Crippen LogP contribution in [-0.4, -0.2) is 30.2 Å². The van der Waals surface area contributed by atoms with Crippen molar-refractivity contribution in [2.24, 2.45) is 0 Å². The van der Waals surface area contributed by atoms with E-state index in [-0.39, 0.29) is 5.89 Å². The fraction of sp³-hybridized carbons (Fsp3) is 0.357. The first kappa shape index (κ1) is 17.6. The number of carbonyl (C=O) groups excluding carboxylic acids is 1. The number of sulfone groups is 1. The summed E-state index contributed by atoms with van der Waals surface area (Å²) >= 11 is 3.28. The predicted octanol–water partition coefficient (Wildman–Crippen LogP) is 2.34. The lowest BCUT2D eigenvalue weighted by Crippen LogP contribution is -2.24. The maximum Gasteiger partial charge on any atom is 0.241 e. The van der Waals surface area contributed by atoms with Gasteiger partial charge in [0, 0.05) is 16.6 Å². The molecule has 124 valence electrons. The number of nitrogens with zero attached hydrogens (tertiary/aromatic N) is 2. The normalized spacial score (nSPS) is 11.4. The zero-order valence-electron chi connectivity index (χ0n) is 12.5. The minimum Gasteiger partial charge on any atom is -0.338 e. The van der Waals surface area contributed by atoms with Crippen LogP contribution in [0.5, 0.6) is 0 Å². The summed E-state index contributed by atoms with van der Waals surface area (Å²) < 4.78 is 29.8. The van der Waals surface area contributed by atoms with Crippen LogP contribution >= 0.6 is 15.9 Å². The highest BCUT2D eigenvalue weighted by Gasteiger charge is 2.21. The molecule has 1 heterocycles. The van der Waals surface area contributed by atoms with Crippen molar-refractivity contribution in [1.82, 2.24) is 10.1 Å². The lowest BCUT2D eigenvalue weighted by atomic mass is 10.3. The molecule has 7 nitrogen and oxygen atoms in total. The third kappa shape index (κ3) is 5.76. The summed E-state index contributed by atoms with van der Waals surface area (Å²) in [5.41, 5.74) is 0.524. The molecule has 1 aromatic carbocycles. The summed E-state index contributed by atoms with van der Waals surface area (Å²) in [4.78, 5) is 15.8. The number of amides is 1. The molecular formula is C14H16BrN3O4S. The summed E-state index contributed by atoms with van der Waals surface area (Å²) in [5.74, 6) is -1.23. The van der Waals surface area contributed by atoms with Crippen molar-refractivity contribution in [2.75, 3.05) is 11.1 Å². The van der Waals surface area contributed by atoms with Crippen LogP contribution in [0.3, 0.4) is 0 Å². The smallest absolute Gasteiger partial charge is 0.241 e. The fourth-order valence-corrected chi connectivity index (χ4v) is 3.17. The van der Waals surface area contributed by atoms with Crippen LogP contribution in [0.2, 0.25) is 0 Å². The second kappa shape index (κ2) is 7.69. The van der Waals surface area contributed by atoms with Gasteiger partial charge < -0.3 is 9.84 Å². The largest absolute Gasteiger partial charge is 0.338 e. The van der Waals surface area contributed by atoms with Crippen LogP contribution < -0.4 is 5.32 Å². The van der Waals surface area contributed by atoms with E-state index in [0.29, 0.717) is 17.9 Å². The molecule has 1 amide bonds. The van der Waals surface area contributed by atoms with E-state index in [2.05, 4.69) is 31.4 Å². The van der Waals surface area contributed by atoms with E-state index >= 15 is 0 Å². The van der Waals surface area contributed by atoms with Crippen LogP contribution in [0, 0.1) is 0 Å². The van der Waals surface area contributed by atoms with Gasteiger partial charge in [0.1, 0.15) is 11.5 Å². The summed E-state index contributed by atoms with van der Waals surface area (Å²) in [7, 11) is -3.68. The number of hydrogen-bond donors (Lipinski definition) is 1. The Balaban J connectivity index is 1.94. The second-order valence-electron chi connectivity index (χ2n) is 4.94. The van der Waals surface area contributed by atoms with Gasteiger partial charge in [0.05, 0.1) is 0 Å². The molecule has 0 radical (unpaired) electrons. The van der Waals surface area contributed by atoms with E-state index in [1.165, 1.54) is 0 Å². The predicted molar refractivity (Wildman–Crippen MR) is 88.6 cm³/mol. The third-order valence-corrected chi connectivity index (χ3v) is 4.72. The molecule has 0 fully saturated rings. The Morgan fingerprint density at radius 3 is 2.65 bits per heavy atom. The quantitative estimate of drug-likeness (QED) is 0.763. The monoisotopic (exact) mass is 401 g/mol. The number of aromatic nitrogens is 2. The number of aryl methyl sites for hydroxylation is 1. The molecule has 0 saturated heterocycles. The van der Waals surface area contributed by atoms with Crippen LogP contribution in [0.1, 0.15) is 25.1 Å². The van der Waals surface area contributed by atoms with Gasteiger partial charge in [-0.3, -0.25) is 4.79 Å². The molecule has 0 spiro atoms. The van der Waals surface area contributed by atoms with Crippen molar-refractivity contribution in [1.29, 1.82) is 0 Å². The Bertz CT molecular complexity index is 772. The second-order valence-corrected chi connectivity index (χ2v) is 7.92. The van der Waals surface area contributed by atoms with Gasteiger partial charge in [-0.15, -0.1) is 0 Å². The van der Waals surface area contributed by atoms with Crippen LogP contribution in [0.25, 0.3) is 0 Å². The highest BCUT2D eigenvalue weighted by Crippen LogP contribution is 2.14. The Hall–Kier alpha value is -1.74. The van der Waals surface area contributed by atoms with Gasteiger partial charge in [0.2, 0.25) is 11.8 Å². The molecule has 1 aromatic heterocycles. The molecule has 0 aliphatic rings. The zero-order chi connectivity index (χ0) is 16.9. The van der Waals surface area contributed by atoms with Gasteiger partial charge in [-0.1, -0.05) is 28.0 Å². The van der Waals surface area contributed by atoms with Crippen molar-refractivity contribution >= 4 is 37.4 Å². The molecule has 0 bridgehead atoms. The minimum absolute atomic E-state index is 0.00453. The van der Waals surface area contributed by atoms with E-state index in [9.17, 15) is 13.2 Å². The Kier molecular flexibility index (Phi) is 5.89. The molecule has 0 saturated carbocycles. The van der Waals surface area contributed by atoms with Crippen molar-refractivity contribution in [3.05, 3.63) is 40.5 Å². The third-order valence-electron chi connectivity index (χ3n) is 2.81. The first-order valence-corrected chi connectivity index (χ1v) is 9.56. The molecule has 9 heteroatoms. The first-order chi connectivity index (χ1) is 10.9.